The molecule has 0 aliphatic rings. The zero-order chi connectivity index (χ0) is 14.2. The van der Waals surface area contributed by atoms with Crippen LogP contribution in [0.4, 0.5) is 0 Å². The summed E-state index contributed by atoms with van der Waals surface area (Å²) in [6, 6.07) is 11.8. The van der Waals surface area contributed by atoms with Gasteiger partial charge in [-0.25, -0.2) is 0 Å². The normalized spacial score (nSPS) is 10.9. The SMILES string of the molecule is CN(CCCOc1cccc(CN)c1)Cc1ccco1. The number of furan rings is 1. The average Bonchev–Trinajstić information content (AvgIpc) is 2.97. The summed E-state index contributed by atoms with van der Waals surface area (Å²) in [6.45, 7) is 3.05. The van der Waals surface area contributed by atoms with Crippen molar-refractivity contribution in [3.8, 4) is 5.75 Å². The van der Waals surface area contributed by atoms with Gasteiger partial charge in [-0.2, -0.15) is 0 Å². The maximum absolute atomic E-state index is 5.73. The van der Waals surface area contributed by atoms with Gasteiger partial charge in [-0.1, -0.05) is 12.1 Å². The summed E-state index contributed by atoms with van der Waals surface area (Å²) in [5.74, 6) is 1.88. The molecule has 1 aromatic carbocycles. The van der Waals surface area contributed by atoms with Gasteiger partial charge in [-0.15, -0.1) is 0 Å². The van der Waals surface area contributed by atoms with Crippen molar-refractivity contribution in [2.45, 2.75) is 19.5 Å². The van der Waals surface area contributed by atoms with E-state index in [0.717, 1.165) is 36.6 Å². The van der Waals surface area contributed by atoms with Crippen LogP contribution in [0.3, 0.4) is 0 Å². The highest BCUT2D eigenvalue weighted by Gasteiger charge is 2.02. The van der Waals surface area contributed by atoms with Gasteiger partial charge in [0.1, 0.15) is 11.5 Å². The minimum Gasteiger partial charge on any atom is -0.494 e. The molecular formula is C16H22N2O2. The van der Waals surface area contributed by atoms with Crippen molar-refractivity contribution in [2.24, 2.45) is 5.73 Å². The summed E-state index contributed by atoms with van der Waals surface area (Å²) >= 11 is 0. The third-order valence-electron chi connectivity index (χ3n) is 3.09. The van der Waals surface area contributed by atoms with Gasteiger partial charge in [-0.05, 0) is 43.3 Å². The van der Waals surface area contributed by atoms with E-state index in [1.807, 2.05) is 36.4 Å². The second-order valence-electron chi connectivity index (χ2n) is 4.87. The lowest BCUT2D eigenvalue weighted by Gasteiger charge is -2.15. The van der Waals surface area contributed by atoms with Crippen LogP contribution in [-0.2, 0) is 13.1 Å². The van der Waals surface area contributed by atoms with E-state index >= 15 is 0 Å². The first-order valence-electron chi connectivity index (χ1n) is 6.90. The molecule has 0 unspecified atom stereocenters. The van der Waals surface area contributed by atoms with Gasteiger partial charge in [-0.3, -0.25) is 4.90 Å². The molecule has 1 heterocycles. The van der Waals surface area contributed by atoms with Crippen LogP contribution in [-0.4, -0.2) is 25.1 Å². The van der Waals surface area contributed by atoms with E-state index in [9.17, 15) is 0 Å². The Hall–Kier alpha value is -1.78. The molecule has 2 rings (SSSR count). The van der Waals surface area contributed by atoms with Crippen molar-refractivity contribution < 1.29 is 9.15 Å². The van der Waals surface area contributed by atoms with E-state index in [0.29, 0.717) is 13.2 Å². The number of rotatable bonds is 8. The van der Waals surface area contributed by atoms with E-state index in [1.54, 1.807) is 6.26 Å². The van der Waals surface area contributed by atoms with Gasteiger partial charge in [0.2, 0.25) is 0 Å². The summed E-state index contributed by atoms with van der Waals surface area (Å²) in [6.07, 6.45) is 2.68. The van der Waals surface area contributed by atoms with Crippen molar-refractivity contribution in [1.82, 2.24) is 4.90 Å². The summed E-state index contributed by atoms with van der Waals surface area (Å²) in [4.78, 5) is 2.22. The first kappa shape index (κ1) is 14.6. The predicted octanol–water partition coefficient (Wildman–Crippen LogP) is 2.64. The topological polar surface area (TPSA) is 51.6 Å². The van der Waals surface area contributed by atoms with Crippen molar-refractivity contribution in [3.05, 3.63) is 54.0 Å². The fourth-order valence-electron chi connectivity index (χ4n) is 2.03. The molecule has 0 spiro atoms. The Kier molecular flexibility index (Phi) is 5.65. The van der Waals surface area contributed by atoms with Gasteiger partial charge in [0.15, 0.2) is 0 Å². The number of ether oxygens (including phenoxy) is 1. The largest absolute Gasteiger partial charge is 0.494 e. The molecule has 0 aliphatic carbocycles. The lowest BCUT2D eigenvalue weighted by molar-refractivity contribution is 0.247. The molecule has 1 aromatic heterocycles. The van der Waals surface area contributed by atoms with Gasteiger partial charge >= 0.3 is 0 Å². The van der Waals surface area contributed by atoms with E-state index in [4.69, 9.17) is 14.9 Å². The molecule has 0 bridgehead atoms. The van der Waals surface area contributed by atoms with Crippen molar-refractivity contribution in [1.29, 1.82) is 0 Å². The Morgan fingerprint density at radius 3 is 2.90 bits per heavy atom. The van der Waals surface area contributed by atoms with Crippen molar-refractivity contribution in [3.63, 3.8) is 0 Å². The molecule has 0 aliphatic heterocycles. The van der Waals surface area contributed by atoms with Gasteiger partial charge in [0.05, 0.1) is 19.4 Å². The standard InChI is InChI=1S/C16H22N2O2/c1-18(13-16-7-3-9-20-16)8-4-10-19-15-6-2-5-14(11-15)12-17/h2-3,5-7,9,11H,4,8,10,12-13,17H2,1H3. The van der Waals surface area contributed by atoms with Crippen LogP contribution in [0.2, 0.25) is 0 Å². The molecule has 0 saturated carbocycles. The summed E-state index contributed by atoms with van der Waals surface area (Å²) in [5.41, 5.74) is 6.70. The van der Waals surface area contributed by atoms with Crippen molar-refractivity contribution in [2.75, 3.05) is 20.2 Å². The molecular weight excluding hydrogens is 252 g/mol. The minimum atomic E-state index is 0.545. The number of benzene rings is 1. The smallest absolute Gasteiger partial charge is 0.119 e. The zero-order valence-electron chi connectivity index (χ0n) is 11.9. The van der Waals surface area contributed by atoms with E-state index in [1.165, 1.54) is 0 Å². The summed E-state index contributed by atoms with van der Waals surface area (Å²) < 4.78 is 11.0. The predicted molar refractivity (Wildman–Crippen MR) is 79.5 cm³/mol. The van der Waals surface area contributed by atoms with Gasteiger partial charge < -0.3 is 14.9 Å². The van der Waals surface area contributed by atoms with Crippen LogP contribution in [0.5, 0.6) is 5.75 Å². The Labute approximate surface area is 120 Å². The Morgan fingerprint density at radius 2 is 2.15 bits per heavy atom. The van der Waals surface area contributed by atoms with Crippen molar-refractivity contribution >= 4 is 0 Å². The first-order valence-corrected chi connectivity index (χ1v) is 6.90. The molecule has 4 nitrogen and oxygen atoms in total. The van der Waals surface area contributed by atoms with E-state index in [2.05, 4.69) is 11.9 Å². The highest BCUT2D eigenvalue weighted by molar-refractivity contribution is 5.28. The fourth-order valence-corrected chi connectivity index (χ4v) is 2.03. The lowest BCUT2D eigenvalue weighted by Crippen LogP contribution is -2.20. The maximum Gasteiger partial charge on any atom is 0.119 e. The summed E-state index contributed by atoms with van der Waals surface area (Å²) in [7, 11) is 2.08. The quantitative estimate of drug-likeness (QED) is 0.752. The molecule has 2 N–H and O–H groups in total. The Bertz CT molecular complexity index is 497. The highest BCUT2D eigenvalue weighted by atomic mass is 16.5. The number of hydrogen-bond donors (Lipinski definition) is 1. The monoisotopic (exact) mass is 274 g/mol. The average molecular weight is 274 g/mol. The minimum absolute atomic E-state index is 0.545. The van der Waals surface area contributed by atoms with E-state index in [-0.39, 0.29) is 0 Å². The van der Waals surface area contributed by atoms with Crippen LogP contribution >= 0.6 is 0 Å². The van der Waals surface area contributed by atoms with Crippen LogP contribution < -0.4 is 10.5 Å². The molecule has 0 radical (unpaired) electrons. The lowest BCUT2D eigenvalue weighted by atomic mass is 10.2. The van der Waals surface area contributed by atoms with Gasteiger partial charge in [0.25, 0.3) is 0 Å². The summed E-state index contributed by atoms with van der Waals surface area (Å²) in [5, 5.41) is 0. The number of nitrogens with two attached hydrogens (primary N) is 1. The fraction of sp³-hybridized carbons (Fsp3) is 0.375. The van der Waals surface area contributed by atoms with Crippen LogP contribution in [0, 0.1) is 0 Å². The molecule has 2 aromatic rings. The molecule has 20 heavy (non-hydrogen) atoms. The third kappa shape index (κ3) is 4.72. The second-order valence-corrected chi connectivity index (χ2v) is 4.87. The molecule has 0 atom stereocenters. The van der Waals surface area contributed by atoms with Crippen LogP contribution in [0.15, 0.2) is 47.1 Å². The molecule has 4 heteroatoms. The number of nitrogens with zero attached hydrogens (tertiary/aromatic N) is 1. The Balaban J connectivity index is 1.65. The zero-order valence-corrected chi connectivity index (χ0v) is 11.9. The third-order valence-corrected chi connectivity index (χ3v) is 3.09. The molecule has 0 amide bonds. The highest BCUT2D eigenvalue weighted by Crippen LogP contribution is 2.13. The van der Waals surface area contributed by atoms with Crippen LogP contribution in [0.25, 0.3) is 0 Å². The van der Waals surface area contributed by atoms with E-state index < -0.39 is 0 Å². The molecule has 108 valence electrons. The molecule has 0 fully saturated rings. The second kappa shape index (κ2) is 7.72. The Morgan fingerprint density at radius 1 is 1.25 bits per heavy atom. The van der Waals surface area contributed by atoms with Crippen LogP contribution in [0.1, 0.15) is 17.7 Å². The first-order chi connectivity index (χ1) is 9.78. The number of hydrogen-bond acceptors (Lipinski definition) is 4. The van der Waals surface area contributed by atoms with Gasteiger partial charge in [0, 0.05) is 13.1 Å². The maximum atomic E-state index is 5.73. The molecule has 0 saturated heterocycles.